The zero-order chi connectivity index (χ0) is 9.68. The fourth-order valence-corrected chi connectivity index (χ4v) is 1.83. The summed E-state index contributed by atoms with van der Waals surface area (Å²) in [5.41, 5.74) is 0. The summed E-state index contributed by atoms with van der Waals surface area (Å²) in [5.74, 6) is -0.368. The lowest BCUT2D eigenvalue weighted by molar-refractivity contribution is -0.140. The van der Waals surface area contributed by atoms with E-state index < -0.39 is 5.97 Å². The number of ether oxygens (including phenoxy) is 1. The lowest BCUT2D eigenvalue weighted by Gasteiger charge is -2.28. The molecule has 1 saturated heterocycles. The average molecular weight is 187 g/mol. The largest absolute Gasteiger partial charge is 0.481 e. The van der Waals surface area contributed by atoms with Gasteiger partial charge in [-0.05, 0) is 31.8 Å². The van der Waals surface area contributed by atoms with Crippen LogP contribution in [0, 0.1) is 5.92 Å². The van der Waals surface area contributed by atoms with E-state index in [0.717, 1.165) is 25.9 Å². The van der Waals surface area contributed by atoms with Gasteiger partial charge >= 0.3 is 5.97 Å². The van der Waals surface area contributed by atoms with Crippen molar-refractivity contribution < 1.29 is 14.6 Å². The fourth-order valence-electron chi connectivity index (χ4n) is 1.83. The highest BCUT2D eigenvalue weighted by molar-refractivity contribution is 5.67. The molecule has 0 aliphatic carbocycles. The third kappa shape index (κ3) is 3.32. The van der Waals surface area contributed by atoms with E-state index >= 15 is 0 Å². The van der Waals surface area contributed by atoms with E-state index in [2.05, 4.69) is 5.32 Å². The van der Waals surface area contributed by atoms with Gasteiger partial charge in [0.2, 0.25) is 0 Å². The molecular weight excluding hydrogens is 170 g/mol. The van der Waals surface area contributed by atoms with E-state index in [9.17, 15) is 4.79 Å². The van der Waals surface area contributed by atoms with Gasteiger partial charge in [-0.25, -0.2) is 0 Å². The molecule has 0 radical (unpaired) electrons. The van der Waals surface area contributed by atoms with Crippen LogP contribution in [0.2, 0.25) is 0 Å². The second kappa shape index (κ2) is 5.19. The van der Waals surface area contributed by atoms with Crippen molar-refractivity contribution in [2.75, 3.05) is 20.2 Å². The molecule has 1 atom stereocenters. The van der Waals surface area contributed by atoms with Crippen molar-refractivity contribution in [1.29, 1.82) is 0 Å². The van der Waals surface area contributed by atoms with Crippen molar-refractivity contribution >= 4 is 5.97 Å². The summed E-state index contributed by atoms with van der Waals surface area (Å²) in [7, 11) is 1.59. The maximum atomic E-state index is 10.5. The maximum Gasteiger partial charge on any atom is 0.305 e. The van der Waals surface area contributed by atoms with Crippen molar-refractivity contribution in [3.8, 4) is 0 Å². The van der Waals surface area contributed by atoms with Gasteiger partial charge in [0.25, 0.3) is 0 Å². The molecule has 13 heavy (non-hydrogen) atoms. The highest BCUT2D eigenvalue weighted by atomic mass is 16.5. The molecule has 0 aromatic heterocycles. The first-order chi connectivity index (χ1) is 6.24. The van der Waals surface area contributed by atoms with Gasteiger partial charge in [0.1, 0.15) is 0 Å². The smallest absolute Gasteiger partial charge is 0.305 e. The number of hydrogen-bond donors (Lipinski definition) is 2. The van der Waals surface area contributed by atoms with Crippen LogP contribution < -0.4 is 5.32 Å². The Morgan fingerprint density at radius 2 is 2.23 bits per heavy atom. The number of aliphatic carboxylic acids is 1. The first-order valence-corrected chi connectivity index (χ1v) is 4.69. The number of nitrogens with one attached hydrogen (secondary N) is 1. The molecule has 76 valence electrons. The second-order valence-corrected chi connectivity index (χ2v) is 3.46. The van der Waals surface area contributed by atoms with Crippen molar-refractivity contribution in [1.82, 2.24) is 5.32 Å². The molecule has 4 heteroatoms. The van der Waals surface area contributed by atoms with Crippen molar-refractivity contribution in [2.24, 2.45) is 5.92 Å². The summed E-state index contributed by atoms with van der Waals surface area (Å²) in [4.78, 5) is 10.5. The van der Waals surface area contributed by atoms with E-state index in [1.54, 1.807) is 7.11 Å². The minimum absolute atomic E-state index is 0.111. The van der Waals surface area contributed by atoms with Gasteiger partial charge in [-0.15, -0.1) is 0 Å². The molecule has 1 unspecified atom stereocenters. The summed E-state index contributed by atoms with van der Waals surface area (Å²) in [5, 5.41) is 11.9. The maximum absolute atomic E-state index is 10.5. The molecule has 1 fully saturated rings. The van der Waals surface area contributed by atoms with E-state index in [4.69, 9.17) is 9.84 Å². The molecular formula is C9H17NO3. The van der Waals surface area contributed by atoms with E-state index in [0.29, 0.717) is 5.92 Å². The summed E-state index contributed by atoms with van der Waals surface area (Å²) in [6, 6.07) is 0. The molecule has 0 spiro atoms. The predicted molar refractivity (Wildman–Crippen MR) is 48.6 cm³/mol. The molecule has 0 saturated carbocycles. The van der Waals surface area contributed by atoms with Gasteiger partial charge < -0.3 is 15.2 Å². The van der Waals surface area contributed by atoms with Crippen LogP contribution in [0.4, 0.5) is 0 Å². The Bertz CT molecular complexity index is 166. The molecule has 0 bridgehead atoms. The first kappa shape index (κ1) is 10.5. The number of methoxy groups -OCH3 is 1. The third-order valence-electron chi connectivity index (χ3n) is 2.59. The Kier molecular flexibility index (Phi) is 4.18. The molecule has 0 amide bonds. The number of piperidine rings is 1. The van der Waals surface area contributed by atoms with Crippen LogP contribution in [-0.4, -0.2) is 37.4 Å². The van der Waals surface area contributed by atoms with E-state index in [1.807, 2.05) is 0 Å². The molecule has 0 aromatic carbocycles. The van der Waals surface area contributed by atoms with Gasteiger partial charge in [-0.2, -0.15) is 0 Å². The van der Waals surface area contributed by atoms with Crippen LogP contribution in [0.15, 0.2) is 0 Å². The Hall–Kier alpha value is -0.610. The van der Waals surface area contributed by atoms with E-state index in [-0.39, 0.29) is 12.5 Å². The van der Waals surface area contributed by atoms with Gasteiger partial charge in [0.15, 0.2) is 0 Å². The number of rotatable bonds is 4. The normalized spacial score (nSPS) is 21.3. The lowest BCUT2D eigenvalue weighted by atomic mass is 9.90. The summed E-state index contributed by atoms with van der Waals surface area (Å²) >= 11 is 0. The minimum atomic E-state index is -0.773. The lowest BCUT2D eigenvalue weighted by Crippen LogP contribution is -2.36. The highest BCUT2D eigenvalue weighted by Gasteiger charge is 2.25. The van der Waals surface area contributed by atoms with Crippen LogP contribution in [0.25, 0.3) is 0 Å². The summed E-state index contributed by atoms with van der Waals surface area (Å²) < 4.78 is 5.19. The monoisotopic (exact) mass is 187 g/mol. The predicted octanol–water partition coefficient (Wildman–Crippen LogP) is 0.476. The molecule has 4 nitrogen and oxygen atoms in total. The van der Waals surface area contributed by atoms with E-state index in [1.165, 1.54) is 0 Å². The van der Waals surface area contributed by atoms with Crippen LogP contribution in [0.5, 0.6) is 0 Å². The number of carboxylic acid groups (broad SMARTS) is 1. The van der Waals surface area contributed by atoms with Crippen molar-refractivity contribution in [3.63, 3.8) is 0 Å². The van der Waals surface area contributed by atoms with Gasteiger partial charge in [0.05, 0.1) is 12.5 Å². The zero-order valence-electron chi connectivity index (χ0n) is 7.95. The fraction of sp³-hybridized carbons (Fsp3) is 0.889. The number of carbonyl (C=O) groups is 1. The first-order valence-electron chi connectivity index (χ1n) is 4.69. The zero-order valence-corrected chi connectivity index (χ0v) is 7.95. The number of hydrogen-bond acceptors (Lipinski definition) is 3. The summed E-state index contributed by atoms with van der Waals surface area (Å²) in [6.07, 6.45) is 2.05. The quantitative estimate of drug-likeness (QED) is 0.672. The number of carboxylic acids is 1. The van der Waals surface area contributed by atoms with Gasteiger partial charge in [0, 0.05) is 7.11 Å². The van der Waals surface area contributed by atoms with Crippen LogP contribution >= 0.6 is 0 Å². The van der Waals surface area contributed by atoms with Crippen LogP contribution in [0.3, 0.4) is 0 Å². The standard InChI is InChI=1S/C9H17NO3/c1-13-8(6-9(11)12)7-2-4-10-5-3-7/h7-8,10H,2-6H2,1H3,(H,11,12). The molecule has 1 aliphatic heterocycles. The minimum Gasteiger partial charge on any atom is -0.481 e. The molecule has 1 heterocycles. The topological polar surface area (TPSA) is 58.6 Å². The Morgan fingerprint density at radius 1 is 1.62 bits per heavy atom. The van der Waals surface area contributed by atoms with Crippen LogP contribution in [0.1, 0.15) is 19.3 Å². The molecule has 1 rings (SSSR count). The van der Waals surface area contributed by atoms with Gasteiger partial charge in [-0.3, -0.25) is 4.79 Å². The van der Waals surface area contributed by atoms with Crippen molar-refractivity contribution in [2.45, 2.75) is 25.4 Å². The Balaban J connectivity index is 2.39. The molecule has 1 aliphatic rings. The Labute approximate surface area is 78.3 Å². The summed E-state index contributed by atoms with van der Waals surface area (Å²) in [6.45, 7) is 1.95. The third-order valence-corrected chi connectivity index (χ3v) is 2.59. The SMILES string of the molecule is COC(CC(=O)O)C1CCNCC1. The average Bonchev–Trinajstić information content (AvgIpc) is 2.15. The second-order valence-electron chi connectivity index (χ2n) is 3.46. The highest BCUT2D eigenvalue weighted by Crippen LogP contribution is 2.20. The molecule has 2 N–H and O–H groups in total. The van der Waals surface area contributed by atoms with Gasteiger partial charge in [-0.1, -0.05) is 0 Å². The van der Waals surface area contributed by atoms with Crippen molar-refractivity contribution in [3.05, 3.63) is 0 Å². The van der Waals surface area contributed by atoms with Crippen LogP contribution in [-0.2, 0) is 9.53 Å². The Morgan fingerprint density at radius 3 is 2.69 bits per heavy atom. The molecule has 0 aromatic rings.